The Kier molecular flexibility index (Phi) is 8.80. The molecular weight excluding hydrogens is 428 g/mol. The summed E-state index contributed by atoms with van der Waals surface area (Å²) < 4.78 is 27.4. The molecule has 0 spiro atoms. The molecular formula is C23H32N4O4S. The van der Waals surface area contributed by atoms with Crippen LogP contribution in [-0.4, -0.2) is 50.7 Å². The fourth-order valence-corrected chi connectivity index (χ4v) is 4.95. The minimum atomic E-state index is -3.68. The number of nitrogens with one attached hydrogen (secondary N) is 2. The van der Waals surface area contributed by atoms with Crippen LogP contribution in [0.3, 0.4) is 0 Å². The number of hydrogen-bond acceptors (Lipinski definition) is 5. The van der Waals surface area contributed by atoms with Gasteiger partial charge in [-0.2, -0.15) is 4.31 Å². The van der Waals surface area contributed by atoms with Crippen LogP contribution in [0.1, 0.15) is 45.0 Å². The number of sulfonamides is 1. The molecule has 0 heterocycles. The molecule has 2 N–H and O–H groups in total. The van der Waals surface area contributed by atoms with Crippen LogP contribution in [0.25, 0.3) is 0 Å². The lowest BCUT2D eigenvalue weighted by Gasteiger charge is -2.26. The predicted molar refractivity (Wildman–Crippen MR) is 129 cm³/mol. The Labute approximate surface area is 190 Å². The van der Waals surface area contributed by atoms with E-state index >= 15 is 0 Å². The van der Waals surface area contributed by atoms with E-state index in [2.05, 4.69) is 10.6 Å². The molecule has 0 aromatic heterocycles. The van der Waals surface area contributed by atoms with Crippen molar-refractivity contribution in [2.24, 2.45) is 0 Å². The number of rotatable bonds is 10. The van der Waals surface area contributed by atoms with Crippen LogP contribution in [0.5, 0.6) is 0 Å². The van der Waals surface area contributed by atoms with Gasteiger partial charge < -0.3 is 15.5 Å². The van der Waals surface area contributed by atoms with Crippen molar-refractivity contribution in [3.05, 3.63) is 48.0 Å². The smallest absolute Gasteiger partial charge is 0.255 e. The third-order valence-electron chi connectivity index (χ3n) is 5.11. The third kappa shape index (κ3) is 5.86. The minimum Gasteiger partial charge on any atom is -0.370 e. The molecule has 2 aromatic carbocycles. The highest BCUT2D eigenvalue weighted by Gasteiger charge is 2.24. The monoisotopic (exact) mass is 460 g/mol. The van der Waals surface area contributed by atoms with Crippen molar-refractivity contribution in [3.63, 3.8) is 0 Å². The maximum Gasteiger partial charge on any atom is 0.255 e. The van der Waals surface area contributed by atoms with Crippen LogP contribution in [0, 0.1) is 0 Å². The molecule has 0 aliphatic carbocycles. The molecule has 2 aromatic rings. The van der Waals surface area contributed by atoms with Gasteiger partial charge in [0.2, 0.25) is 15.9 Å². The molecule has 2 amide bonds. The van der Waals surface area contributed by atoms with E-state index in [9.17, 15) is 18.0 Å². The molecule has 2 rings (SSSR count). The van der Waals surface area contributed by atoms with E-state index in [0.29, 0.717) is 43.1 Å². The van der Waals surface area contributed by atoms with Crippen LogP contribution in [0.4, 0.5) is 17.1 Å². The predicted octanol–water partition coefficient (Wildman–Crippen LogP) is 3.77. The minimum absolute atomic E-state index is 0.124. The molecule has 32 heavy (non-hydrogen) atoms. The topological polar surface area (TPSA) is 98.8 Å². The van der Waals surface area contributed by atoms with E-state index in [1.54, 1.807) is 50.2 Å². The lowest BCUT2D eigenvalue weighted by molar-refractivity contribution is -0.114. The van der Waals surface area contributed by atoms with Crippen molar-refractivity contribution in [2.75, 3.05) is 41.7 Å². The molecule has 0 saturated carbocycles. The van der Waals surface area contributed by atoms with E-state index < -0.39 is 15.9 Å². The first-order valence-corrected chi connectivity index (χ1v) is 12.2. The van der Waals surface area contributed by atoms with Crippen LogP contribution in [0.2, 0.25) is 0 Å². The molecule has 0 fully saturated rings. The summed E-state index contributed by atoms with van der Waals surface area (Å²) in [5.41, 5.74) is 2.00. The van der Waals surface area contributed by atoms with Crippen LogP contribution in [0.15, 0.2) is 47.4 Å². The van der Waals surface area contributed by atoms with Gasteiger partial charge in [0.05, 0.1) is 16.3 Å². The molecule has 0 atom stereocenters. The Bertz CT molecular complexity index is 1060. The average molecular weight is 461 g/mol. The second-order valence-electron chi connectivity index (χ2n) is 7.16. The van der Waals surface area contributed by atoms with Gasteiger partial charge >= 0.3 is 0 Å². The fourth-order valence-electron chi connectivity index (χ4n) is 3.46. The SMILES string of the molecule is CCN(CC)c1ccc(S(=O)(=O)N(CC)CC)cc1NC(=O)c1cccc(NC(C)=O)c1. The van der Waals surface area contributed by atoms with Gasteiger partial charge in [-0.05, 0) is 50.2 Å². The number of amides is 2. The van der Waals surface area contributed by atoms with E-state index in [4.69, 9.17) is 0 Å². The Morgan fingerprint density at radius 1 is 0.875 bits per heavy atom. The first-order chi connectivity index (χ1) is 15.2. The van der Waals surface area contributed by atoms with Crippen molar-refractivity contribution in [1.82, 2.24) is 4.31 Å². The second-order valence-corrected chi connectivity index (χ2v) is 9.09. The highest BCUT2D eigenvalue weighted by molar-refractivity contribution is 7.89. The number of hydrogen-bond donors (Lipinski definition) is 2. The summed E-state index contributed by atoms with van der Waals surface area (Å²) in [6.45, 7) is 11.1. The zero-order valence-corrected chi connectivity index (χ0v) is 20.1. The molecule has 0 radical (unpaired) electrons. The van der Waals surface area contributed by atoms with Gasteiger partial charge in [-0.3, -0.25) is 9.59 Å². The van der Waals surface area contributed by atoms with Gasteiger partial charge in [0.15, 0.2) is 0 Å². The number of carbonyl (C=O) groups is 2. The Morgan fingerprint density at radius 2 is 1.53 bits per heavy atom. The summed E-state index contributed by atoms with van der Waals surface area (Å²) in [4.78, 5) is 26.5. The highest BCUT2D eigenvalue weighted by atomic mass is 32.2. The van der Waals surface area contributed by atoms with Gasteiger partial charge in [-0.15, -0.1) is 0 Å². The molecule has 0 unspecified atom stereocenters. The van der Waals surface area contributed by atoms with E-state index in [1.807, 2.05) is 18.7 Å². The molecule has 0 aliphatic heterocycles. The average Bonchev–Trinajstić information content (AvgIpc) is 2.75. The van der Waals surface area contributed by atoms with Crippen LogP contribution in [-0.2, 0) is 14.8 Å². The van der Waals surface area contributed by atoms with Crippen molar-refractivity contribution >= 4 is 38.9 Å². The fraction of sp³-hybridized carbons (Fsp3) is 0.391. The van der Waals surface area contributed by atoms with E-state index in [1.165, 1.54) is 17.3 Å². The lowest BCUT2D eigenvalue weighted by atomic mass is 10.1. The summed E-state index contributed by atoms with van der Waals surface area (Å²) in [5, 5.41) is 5.52. The Balaban J connectivity index is 2.49. The van der Waals surface area contributed by atoms with Crippen molar-refractivity contribution in [2.45, 2.75) is 39.5 Å². The summed E-state index contributed by atoms with van der Waals surface area (Å²) in [6, 6.07) is 11.4. The first-order valence-electron chi connectivity index (χ1n) is 10.8. The maximum absolute atomic E-state index is 13.0. The number of carbonyl (C=O) groups excluding carboxylic acids is 2. The normalized spacial score (nSPS) is 11.3. The van der Waals surface area contributed by atoms with Crippen molar-refractivity contribution < 1.29 is 18.0 Å². The van der Waals surface area contributed by atoms with E-state index in [0.717, 1.165) is 5.69 Å². The first kappa shape index (κ1) is 25.4. The Hall–Kier alpha value is -2.91. The van der Waals surface area contributed by atoms with Gasteiger partial charge in [0, 0.05) is 44.4 Å². The lowest BCUT2D eigenvalue weighted by Crippen LogP contribution is -2.31. The van der Waals surface area contributed by atoms with Crippen LogP contribution >= 0.6 is 0 Å². The number of benzene rings is 2. The molecule has 0 aliphatic rings. The van der Waals surface area contributed by atoms with Gasteiger partial charge in [0.25, 0.3) is 5.91 Å². The summed E-state index contributed by atoms with van der Waals surface area (Å²) >= 11 is 0. The molecule has 0 saturated heterocycles. The standard InChI is InChI=1S/C23H32N4O4S/c1-6-26(7-2)22-14-13-20(32(30,31)27(8-3)9-4)16-21(22)25-23(29)18-11-10-12-19(15-18)24-17(5)28/h10-16H,6-9H2,1-5H3,(H,24,28)(H,25,29). The van der Waals surface area contributed by atoms with Crippen molar-refractivity contribution in [1.29, 1.82) is 0 Å². The van der Waals surface area contributed by atoms with Crippen LogP contribution < -0.4 is 15.5 Å². The van der Waals surface area contributed by atoms with Crippen molar-refractivity contribution in [3.8, 4) is 0 Å². The summed E-state index contributed by atoms with van der Waals surface area (Å²) in [6.07, 6.45) is 0. The third-order valence-corrected chi connectivity index (χ3v) is 7.15. The maximum atomic E-state index is 13.0. The second kappa shape index (κ2) is 11.1. The molecule has 174 valence electrons. The summed E-state index contributed by atoms with van der Waals surface area (Å²) in [7, 11) is -3.68. The van der Waals surface area contributed by atoms with Gasteiger partial charge in [-0.1, -0.05) is 19.9 Å². The van der Waals surface area contributed by atoms with E-state index in [-0.39, 0.29) is 10.8 Å². The quantitative estimate of drug-likeness (QED) is 0.562. The molecule has 8 nitrogen and oxygen atoms in total. The molecule has 0 bridgehead atoms. The number of nitrogens with zero attached hydrogens (tertiary/aromatic N) is 2. The molecule has 9 heteroatoms. The number of anilines is 3. The zero-order valence-electron chi connectivity index (χ0n) is 19.3. The Morgan fingerprint density at radius 3 is 2.09 bits per heavy atom. The largest absolute Gasteiger partial charge is 0.370 e. The van der Waals surface area contributed by atoms with Gasteiger partial charge in [0.1, 0.15) is 0 Å². The van der Waals surface area contributed by atoms with Gasteiger partial charge in [-0.25, -0.2) is 8.42 Å². The highest BCUT2D eigenvalue weighted by Crippen LogP contribution is 2.31. The summed E-state index contributed by atoms with van der Waals surface area (Å²) in [5.74, 6) is -0.635. The zero-order chi connectivity index (χ0) is 23.9.